The summed E-state index contributed by atoms with van der Waals surface area (Å²) < 4.78 is 39.6. The summed E-state index contributed by atoms with van der Waals surface area (Å²) in [6.45, 7) is 4.39. The van der Waals surface area contributed by atoms with Gasteiger partial charge < -0.3 is 5.32 Å². The van der Waals surface area contributed by atoms with Gasteiger partial charge in [-0.25, -0.2) is 0 Å². The number of allylic oxidation sites excluding steroid dienone is 2. The number of nitrogens with one attached hydrogen (secondary N) is 1. The number of carbonyl (C=O) groups excluding carboxylic acids is 1. The molecule has 0 radical (unpaired) electrons. The topological polar surface area (TPSA) is 42.0 Å². The number of halogens is 3. The fourth-order valence-electron chi connectivity index (χ4n) is 1.79. The summed E-state index contributed by atoms with van der Waals surface area (Å²) in [6.07, 6.45) is 2.18. The fraction of sp³-hybridized carbons (Fsp3) is 0.412. The van der Waals surface area contributed by atoms with Crippen LogP contribution in [0, 0.1) is 5.92 Å². The van der Waals surface area contributed by atoms with Crippen LogP contribution in [0.25, 0.3) is 4.91 Å². The third-order valence-corrected chi connectivity index (χ3v) is 5.42. The van der Waals surface area contributed by atoms with Crippen molar-refractivity contribution in [3.8, 4) is 0 Å². The van der Waals surface area contributed by atoms with Crippen molar-refractivity contribution in [3.05, 3.63) is 46.8 Å². The number of hydrogen-bond donors (Lipinski definition) is 1. The monoisotopic (exact) mass is 390 g/mol. The molecule has 1 unspecified atom stereocenters. The largest absolute Gasteiger partial charge is 0.414 e. The van der Waals surface area contributed by atoms with Crippen LogP contribution in [0.3, 0.4) is 0 Å². The van der Waals surface area contributed by atoms with E-state index in [0.717, 1.165) is 18.7 Å². The van der Waals surface area contributed by atoms with Crippen LogP contribution in [0.1, 0.15) is 26.3 Å². The zero-order valence-electron chi connectivity index (χ0n) is 14.5. The SMILES string of the molecule is C/C=C(\S/C(NC(=O)C(C)CSC)=C(\C)C(F)(F)F)c1cccnc1. The number of hydrogen-bond acceptors (Lipinski definition) is 4. The number of rotatable bonds is 7. The van der Waals surface area contributed by atoms with Crippen LogP contribution in [-0.4, -0.2) is 29.1 Å². The molecule has 0 aromatic carbocycles. The van der Waals surface area contributed by atoms with Gasteiger partial charge in [-0.1, -0.05) is 30.8 Å². The molecule has 0 saturated carbocycles. The van der Waals surface area contributed by atoms with Gasteiger partial charge in [0, 0.05) is 34.5 Å². The van der Waals surface area contributed by atoms with Gasteiger partial charge in [-0.15, -0.1) is 0 Å². The molecule has 1 heterocycles. The number of pyridine rings is 1. The molecule has 0 fully saturated rings. The van der Waals surface area contributed by atoms with Gasteiger partial charge in [-0.3, -0.25) is 9.78 Å². The zero-order valence-corrected chi connectivity index (χ0v) is 16.1. The predicted molar refractivity (Wildman–Crippen MR) is 99.9 cm³/mol. The lowest BCUT2D eigenvalue weighted by Gasteiger charge is -2.19. The minimum Gasteiger partial charge on any atom is -0.320 e. The number of amides is 1. The van der Waals surface area contributed by atoms with Crippen molar-refractivity contribution in [1.82, 2.24) is 10.3 Å². The third kappa shape index (κ3) is 6.78. The fourth-order valence-corrected chi connectivity index (χ4v) is 3.44. The van der Waals surface area contributed by atoms with E-state index >= 15 is 0 Å². The minimum atomic E-state index is -4.52. The first-order valence-corrected chi connectivity index (χ1v) is 9.74. The van der Waals surface area contributed by atoms with E-state index in [4.69, 9.17) is 0 Å². The third-order valence-electron chi connectivity index (χ3n) is 3.29. The maximum atomic E-state index is 13.2. The summed E-state index contributed by atoms with van der Waals surface area (Å²) in [7, 11) is 0. The number of carbonyl (C=O) groups is 1. The molecule has 1 aromatic heterocycles. The Hall–Kier alpha value is -1.41. The highest BCUT2D eigenvalue weighted by Crippen LogP contribution is 2.38. The highest BCUT2D eigenvalue weighted by Gasteiger charge is 2.34. The van der Waals surface area contributed by atoms with E-state index in [9.17, 15) is 18.0 Å². The Labute approximate surface area is 154 Å². The van der Waals surface area contributed by atoms with E-state index in [0.29, 0.717) is 16.2 Å². The van der Waals surface area contributed by atoms with E-state index in [2.05, 4.69) is 10.3 Å². The second kappa shape index (κ2) is 9.91. The molecule has 0 bridgehead atoms. The normalized spacial score (nSPS) is 14.8. The van der Waals surface area contributed by atoms with E-state index < -0.39 is 17.7 Å². The molecule has 1 N–H and O–H groups in total. The molecule has 1 aromatic rings. The molecule has 25 heavy (non-hydrogen) atoms. The van der Waals surface area contributed by atoms with Gasteiger partial charge >= 0.3 is 6.18 Å². The first-order chi connectivity index (χ1) is 11.7. The highest BCUT2D eigenvalue weighted by molar-refractivity contribution is 8.11. The molecule has 0 aliphatic heterocycles. The van der Waals surface area contributed by atoms with Crippen molar-refractivity contribution in [3.63, 3.8) is 0 Å². The van der Waals surface area contributed by atoms with Gasteiger partial charge in [0.25, 0.3) is 0 Å². The van der Waals surface area contributed by atoms with E-state index in [1.165, 1.54) is 11.8 Å². The predicted octanol–water partition coefficient (Wildman–Crippen LogP) is 5.08. The Kier molecular flexibility index (Phi) is 8.58. The molecule has 0 spiro atoms. The van der Waals surface area contributed by atoms with Crippen molar-refractivity contribution >= 4 is 34.3 Å². The summed E-state index contributed by atoms with van der Waals surface area (Å²) in [4.78, 5) is 16.8. The maximum Gasteiger partial charge on any atom is 0.414 e. The number of alkyl halides is 3. The van der Waals surface area contributed by atoms with Gasteiger partial charge in [-0.05, 0) is 26.2 Å². The summed E-state index contributed by atoms with van der Waals surface area (Å²) in [5.74, 6) is -0.283. The lowest BCUT2D eigenvalue weighted by molar-refractivity contribution is -0.123. The number of aromatic nitrogens is 1. The Bertz CT molecular complexity index is 643. The lowest BCUT2D eigenvalue weighted by Crippen LogP contribution is -2.31. The first-order valence-electron chi connectivity index (χ1n) is 7.53. The summed E-state index contributed by atoms with van der Waals surface area (Å²) in [5, 5.41) is 2.25. The maximum absolute atomic E-state index is 13.2. The average Bonchev–Trinajstić information content (AvgIpc) is 2.57. The minimum absolute atomic E-state index is 0.206. The quantitative estimate of drug-likeness (QED) is 0.705. The van der Waals surface area contributed by atoms with Crippen LogP contribution in [0.2, 0.25) is 0 Å². The molecule has 0 aliphatic carbocycles. The Balaban J connectivity index is 3.14. The zero-order chi connectivity index (χ0) is 19.0. The van der Waals surface area contributed by atoms with Gasteiger partial charge in [0.2, 0.25) is 5.91 Å². The number of nitrogens with zero attached hydrogens (tertiary/aromatic N) is 1. The van der Waals surface area contributed by atoms with Crippen LogP contribution >= 0.6 is 23.5 Å². The van der Waals surface area contributed by atoms with E-state index in [1.807, 2.05) is 6.26 Å². The van der Waals surface area contributed by atoms with E-state index in [-0.39, 0.29) is 10.9 Å². The van der Waals surface area contributed by atoms with Crippen LogP contribution in [-0.2, 0) is 4.79 Å². The van der Waals surface area contributed by atoms with Crippen molar-refractivity contribution in [2.24, 2.45) is 5.92 Å². The van der Waals surface area contributed by atoms with Crippen molar-refractivity contribution in [2.75, 3.05) is 12.0 Å². The Morgan fingerprint density at radius 1 is 1.44 bits per heavy atom. The second-order valence-corrected chi connectivity index (χ2v) is 7.26. The van der Waals surface area contributed by atoms with Crippen LogP contribution in [0.15, 0.2) is 41.2 Å². The molecular formula is C17H21F3N2OS2. The molecule has 3 nitrogen and oxygen atoms in total. The lowest BCUT2D eigenvalue weighted by atomic mass is 10.2. The molecule has 0 saturated heterocycles. The molecule has 0 aliphatic rings. The van der Waals surface area contributed by atoms with Crippen LogP contribution in [0.4, 0.5) is 13.2 Å². The van der Waals surface area contributed by atoms with Crippen molar-refractivity contribution < 1.29 is 18.0 Å². The smallest absolute Gasteiger partial charge is 0.320 e. The molecule has 8 heteroatoms. The summed E-state index contributed by atoms with van der Waals surface area (Å²) in [5.41, 5.74) is -0.140. The first kappa shape index (κ1) is 21.6. The molecule has 1 rings (SSSR count). The highest BCUT2D eigenvalue weighted by atomic mass is 32.2. The Morgan fingerprint density at radius 2 is 2.12 bits per heavy atom. The van der Waals surface area contributed by atoms with Crippen molar-refractivity contribution in [1.29, 1.82) is 0 Å². The van der Waals surface area contributed by atoms with Crippen molar-refractivity contribution in [2.45, 2.75) is 26.9 Å². The van der Waals surface area contributed by atoms with Gasteiger partial charge in [0.1, 0.15) is 0 Å². The molecule has 1 amide bonds. The van der Waals surface area contributed by atoms with Gasteiger partial charge in [-0.2, -0.15) is 24.9 Å². The van der Waals surface area contributed by atoms with Gasteiger partial charge in [0.15, 0.2) is 0 Å². The molecule has 1 atom stereocenters. The Morgan fingerprint density at radius 3 is 2.60 bits per heavy atom. The van der Waals surface area contributed by atoms with Crippen LogP contribution in [0.5, 0.6) is 0 Å². The molecule has 138 valence electrons. The standard InChI is InChI=1S/C17H21F3N2OS2/c1-5-14(13-7-6-8-21-9-13)25-16(12(3)17(18,19)20)22-15(23)11(2)10-24-4/h5-9,11H,10H2,1-4H3,(H,22,23)/b14-5-,16-12+. The number of thioether (sulfide) groups is 2. The van der Waals surface area contributed by atoms with Crippen LogP contribution < -0.4 is 5.32 Å². The summed E-state index contributed by atoms with van der Waals surface area (Å²) >= 11 is 2.35. The average molecular weight is 390 g/mol. The second-order valence-electron chi connectivity index (χ2n) is 5.29. The summed E-state index contributed by atoms with van der Waals surface area (Å²) in [6, 6.07) is 3.46. The molecular weight excluding hydrogens is 369 g/mol. The van der Waals surface area contributed by atoms with E-state index in [1.54, 1.807) is 44.4 Å². The van der Waals surface area contributed by atoms with Gasteiger partial charge in [0.05, 0.1) is 10.6 Å².